The second kappa shape index (κ2) is 11.2. The Kier molecular flexibility index (Phi) is 10.5. The quantitative estimate of drug-likeness (QED) is 0.215. The Hall–Kier alpha value is 0.650. The Morgan fingerprint density at radius 2 is 1.24 bits per heavy atom. The van der Waals surface area contributed by atoms with Crippen molar-refractivity contribution in [3.8, 4) is 0 Å². The third-order valence-corrected chi connectivity index (χ3v) is 5.01. The zero-order valence-electron chi connectivity index (χ0n) is 14.3. The first kappa shape index (κ1) is 19.7. The Bertz CT molecular complexity index is 256. The predicted octanol–water partition coefficient (Wildman–Crippen LogP) is 6.25. The monoisotopic (exact) mass is 410 g/mol. The van der Waals surface area contributed by atoms with Crippen molar-refractivity contribution in [2.24, 2.45) is 0 Å². The highest BCUT2D eigenvalue weighted by molar-refractivity contribution is 14.1. The molecule has 2 atom stereocenters. The van der Waals surface area contributed by atoms with Gasteiger partial charge in [-0.3, -0.25) is 0 Å². The van der Waals surface area contributed by atoms with Gasteiger partial charge < -0.3 is 9.47 Å². The van der Waals surface area contributed by atoms with E-state index < -0.39 is 0 Å². The first-order valence-corrected chi connectivity index (χ1v) is 10.5. The minimum absolute atomic E-state index is 0.319. The number of unbranched alkanes of at least 4 members (excludes halogenated alkanes) is 7. The first-order valence-electron chi connectivity index (χ1n) is 9.00. The van der Waals surface area contributed by atoms with Crippen LogP contribution in [0.5, 0.6) is 0 Å². The van der Waals surface area contributed by atoms with Crippen LogP contribution in [0.25, 0.3) is 0 Å². The Morgan fingerprint density at radius 1 is 0.762 bits per heavy atom. The lowest BCUT2D eigenvalue weighted by Gasteiger charge is -2.16. The van der Waals surface area contributed by atoms with Crippen LogP contribution >= 0.6 is 22.6 Å². The summed E-state index contributed by atoms with van der Waals surface area (Å²) in [4.78, 5) is 0. The van der Waals surface area contributed by atoms with Crippen LogP contribution in [0.4, 0.5) is 0 Å². The van der Waals surface area contributed by atoms with E-state index in [-0.39, 0.29) is 5.79 Å². The third kappa shape index (κ3) is 8.75. The van der Waals surface area contributed by atoms with E-state index in [2.05, 4.69) is 43.4 Å². The molecular weight excluding hydrogens is 375 g/mol. The molecule has 1 aliphatic rings. The van der Waals surface area contributed by atoms with E-state index in [1.807, 2.05) is 0 Å². The lowest BCUT2D eigenvalue weighted by Crippen LogP contribution is -2.22. The van der Waals surface area contributed by atoms with Crippen molar-refractivity contribution in [3.05, 3.63) is 0 Å². The van der Waals surface area contributed by atoms with Gasteiger partial charge in [-0.1, -0.05) is 80.9 Å². The van der Waals surface area contributed by atoms with Crippen LogP contribution < -0.4 is 0 Å². The van der Waals surface area contributed by atoms with Gasteiger partial charge in [-0.05, 0) is 37.5 Å². The maximum atomic E-state index is 6.09. The number of hydrogen-bond donors (Lipinski definition) is 0. The molecule has 126 valence electrons. The maximum Gasteiger partial charge on any atom is 0.163 e. The second-order valence-electron chi connectivity index (χ2n) is 6.81. The molecular formula is C18H35IO2. The molecule has 2 nitrogen and oxygen atoms in total. The molecule has 0 spiro atoms. The van der Waals surface area contributed by atoms with Gasteiger partial charge in [0.25, 0.3) is 0 Å². The van der Waals surface area contributed by atoms with Gasteiger partial charge in [-0.2, -0.15) is 0 Å². The average Bonchev–Trinajstić information content (AvgIpc) is 2.74. The summed E-state index contributed by atoms with van der Waals surface area (Å²) in [5, 5.41) is 0. The highest BCUT2D eigenvalue weighted by Gasteiger charge is 2.40. The Balaban J connectivity index is 2.11. The molecule has 1 rings (SSSR count). The summed E-state index contributed by atoms with van der Waals surface area (Å²) < 4.78 is 13.4. The molecule has 0 aromatic carbocycles. The molecule has 0 saturated carbocycles. The fraction of sp³-hybridized carbons (Fsp3) is 1.00. The second-order valence-corrected chi connectivity index (χ2v) is 7.89. The van der Waals surface area contributed by atoms with Crippen LogP contribution in [-0.2, 0) is 9.47 Å². The zero-order chi connectivity index (χ0) is 15.6. The van der Waals surface area contributed by atoms with Crippen LogP contribution in [0.3, 0.4) is 0 Å². The van der Waals surface area contributed by atoms with Gasteiger partial charge in [0.15, 0.2) is 5.79 Å². The number of hydrogen-bond acceptors (Lipinski definition) is 2. The number of alkyl halides is 1. The summed E-state index contributed by atoms with van der Waals surface area (Å²) in [5.41, 5.74) is 0. The van der Waals surface area contributed by atoms with Crippen LogP contribution in [0.15, 0.2) is 0 Å². The molecule has 0 aromatic rings. The Morgan fingerprint density at radius 3 is 1.76 bits per heavy atom. The van der Waals surface area contributed by atoms with E-state index in [0.717, 1.165) is 6.42 Å². The van der Waals surface area contributed by atoms with E-state index in [4.69, 9.17) is 9.47 Å². The number of ether oxygens (including phenoxy) is 2. The SMILES string of the molecule is CCCCCCCCCC[C@@H]1OC(C)(C)O[C@@H]1CCCI. The van der Waals surface area contributed by atoms with E-state index in [9.17, 15) is 0 Å². The van der Waals surface area contributed by atoms with Gasteiger partial charge in [0.05, 0.1) is 12.2 Å². The molecule has 1 fully saturated rings. The van der Waals surface area contributed by atoms with Crippen LogP contribution in [0, 0.1) is 0 Å². The van der Waals surface area contributed by atoms with Gasteiger partial charge in [-0.15, -0.1) is 0 Å². The van der Waals surface area contributed by atoms with E-state index >= 15 is 0 Å². The van der Waals surface area contributed by atoms with Crippen LogP contribution in [0.2, 0.25) is 0 Å². The first-order chi connectivity index (χ1) is 10.1. The van der Waals surface area contributed by atoms with Crippen LogP contribution in [-0.4, -0.2) is 22.4 Å². The molecule has 0 aliphatic carbocycles. The summed E-state index contributed by atoms with van der Waals surface area (Å²) in [5.74, 6) is -0.374. The molecule has 1 aliphatic heterocycles. The molecule has 1 heterocycles. The Labute approximate surface area is 145 Å². The van der Waals surface area contributed by atoms with Crippen molar-refractivity contribution < 1.29 is 9.47 Å². The summed E-state index contributed by atoms with van der Waals surface area (Å²) in [6.07, 6.45) is 15.2. The molecule has 0 amide bonds. The minimum atomic E-state index is -0.374. The van der Waals surface area contributed by atoms with Gasteiger partial charge in [-0.25, -0.2) is 0 Å². The van der Waals surface area contributed by atoms with Crippen molar-refractivity contribution in [1.82, 2.24) is 0 Å². The number of rotatable bonds is 12. The molecule has 1 saturated heterocycles. The van der Waals surface area contributed by atoms with Crippen molar-refractivity contribution in [2.75, 3.05) is 4.43 Å². The number of halogens is 1. The summed E-state index contributed by atoms with van der Waals surface area (Å²) >= 11 is 2.45. The molecule has 21 heavy (non-hydrogen) atoms. The lowest BCUT2D eigenvalue weighted by atomic mass is 10.0. The van der Waals surface area contributed by atoms with Crippen LogP contribution in [0.1, 0.15) is 91.4 Å². The maximum absolute atomic E-state index is 6.09. The van der Waals surface area contributed by atoms with E-state index in [0.29, 0.717) is 12.2 Å². The highest BCUT2D eigenvalue weighted by Crippen LogP contribution is 2.33. The van der Waals surface area contributed by atoms with E-state index in [1.54, 1.807) is 0 Å². The average molecular weight is 410 g/mol. The topological polar surface area (TPSA) is 18.5 Å². The van der Waals surface area contributed by atoms with Crippen molar-refractivity contribution in [3.63, 3.8) is 0 Å². The normalized spacial score (nSPS) is 24.6. The fourth-order valence-corrected chi connectivity index (χ4v) is 3.60. The van der Waals surface area contributed by atoms with Gasteiger partial charge in [0, 0.05) is 0 Å². The van der Waals surface area contributed by atoms with Gasteiger partial charge in [0.2, 0.25) is 0 Å². The van der Waals surface area contributed by atoms with Crippen molar-refractivity contribution in [1.29, 1.82) is 0 Å². The lowest BCUT2D eigenvalue weighted by molar-refractivity contribution is -0.147. The molecule has 0 radical (unpaired) electrons. The standard InChI is InChI=1S/C18H35IO2/c1-4-5-6-7-8-9-10-11-13-16-17(14-12-15-19)21-18(2,3)20-16/h16-17H,4-15H2,1-3H3/t16-,17+/m0/s1. The molecule has 0 unspecified atom stereocenters. The van der Waals surface area contributed by atoms with Crippen molar-refractivity contribution >= 4 is 22.6 Å². The van der Waals surface area contributed by atoms with Gasteiger partial charge >= 0.3 is 0 Å². The fourth-order valence-electron chi connectivity index (χ4n) is 3.16. The molecule has 0 aromatic heterocycles. The van der Waals surface area contributed by atoms with Gasteiger partial charge in [0.1, 0.15) is 0 Å². The summed E-state index contributed by atoms with van der Waals surface area (Å²) in [6.45, 7) is 6.38. The zero-order valence-corrected chi connectivity index (χ0v) is 16.5. The van der Waals surface area contributed by atoms with E-state index in [1.165, 1.54) is 68.6 Å². The molecule has 0 bridgehead atoms. The minimum Gasteiger partial charge on any atom is -0.345 e. The molecule has 3 heteroatoms. The third-order valence-electron chi connectivity index (χ3n) is 4.25. The van der Waals surface area contributed by atoms with Crippen molar-refractivity contribution in [2.45, 2.75) is 109 Å². The summed E-state index contributed by atoms with van der Waals surface area (Å²) in [6, 6.07) is 0. The smallest absolute Gasteiger partial charge is 0.163 e. The summed E-state index contributed by atoms with van der Waals surface area (Å²) in [7, 11) is 0. The largest absolute Gasteiger partial charge is 0.345 e. The highest BCUT2D eigenvalue weighted by atomic mass is 127. The molecule has 0 N–H and O–H groups in total. The predicted molar refractivity (Wildman–Crippen MR) is 99.2 cm³/mol.